The normalized spacial score (nSPS) is 63.0. The molecule has 11 heavy (non-hydrogen) atoms. The van der Waals surface area contributed by atoms with Crippen molar-refractivity contribution < 1.29 is 4.74 Å². The fourth-order valence-electron chi connectivity index (χ4n) is 3.56. The van der Waals surface area contributed by atoms with E-state index in [0.29, 0.717) is 17.6 Å². The van der Waals surface area contributed by atoms with E-state index < -0.39 is 0 Å². The fourth-order valence-corrected chi connectivity index (χ4v) is 3.56. The lowest BCUT2D eigenvalue weighted by atomic mass is 9.46. The van der Waals surface area contributed by atoms with Gasteiger partial charge in [0.15, 0.2) is 0 Å². The van der Waals surface area contributed by atoms with E-state index in [4.69, 9.17) is 4.74 Å². The largest absolute Gasteiger partial charge is 0.369 e. The van der Waals surface area contributed by atoms with Crippen molar-refractivity contribution in [1.82, 2.24) is 0 Å². The Morgan fingerprint density at radius 2 is 1.91 bits per heavy atom. The van der Waals surface area contributed by atoms with Crippen molar-refractivity contribution in [2.45, 2.75) is 39.4 Å². The Bertz CT molecular complexity index is 209. The van der Waals surface area contributed by atoms with E-state index in [0.717, 1.165) is 17.8 Å². The molecule has 0 aromatic heterocycles. The maximum absolute atomic E-state index is 5.68. The van der Waals surface area contributed by atoms with Gasteiger partial charge in [0.1, 0.15) is 0 Å². The summed E-state index contributed by atoms with van der Waals surface area (Å²) in [4.78, 5) is 0. The molecule has 5 atom stereocenters. The molecule has 0 amide bonds. The van der Waals surface area contributed by atoms with Crippen molar-refractivity contribution in [3.8, 4) is 0 Å². The van der Waals surface area contributed by atoms with Gasteiger partial charge in [0.05, 0.1) is 12.2 Å². The van der Waals surface area contributed by atoms with E-state index in [9.17, 15) is 0 Å². The molecule has 1 heteroatoms. The van der Waals surface area contributed by atoms with Crippen LogP contribution >= 0.6 is 0 Å². The Morgan fingerprint density at radius 1 is 1.18 bits per heavy atom. The second kappa shape index (κ2) is 1.52. The molecule has 1 heterocycles. The smallest absolute Gasteiger partial charge is 0.0878 e. The van der Waals surface area contributed by atoms with E-state index in [1.54, 1.807) is 0 Å². The first-order valence-corrected chi connectivity index (χ1v) is 4.78. The summed E-state index contributed by atoms with van der Waals surface area (Å²) < 4.78 is 5.68. The minimum Gasteiger partial charge on any atom is -0.369 e. The minimum atomic E-state index is 0.594. The van der Waals surface area contributed by atoms with E-state index in [-0.39, 0.29) is 0 Å². The van der Waals surface area contributed by atoms with Crippen LogP contribution in [0.15, 0.2) is 0 Å². The Morgan fingerprint density at radius 3 is 2.45 bits per heavy atom. The molecule has 4 fully saturated rings. The van der Waals surface area contributed by atoms with Crippen LogP contribution in [0.1, 0.15) is 27.2 Å². The molecule has 3 aliphatic carbocycles. The van der Waals surface area contributed by atoms with Gasteiger partial charge in [-0.05, 0) is 29.6 Å². The zero-order valence-corrected chi connectivity index (χ0v) is 7.50. The zero-order valence-electron chi connectivity index (χ0n) is 7.50. The summed E-state index contributed by atoms with van der Waals surface area (Å²) in [7, 11) is 0. The van der Waals surface area contributed by atoms with Gasteiger partial charge in [-0.2, -0.15) is 0 Å². The highest BCUT2D eigenvalue weighted by Crippen LogP contribution is 2.67. The molecule has 1 aliphatic heterocycles. The number of rotatable bonds is 0. The van der Waals surface area contributed by atoms with Crippen LogP contribution in [0.2, 0.25) is 0 Å². The Labute approximate surface area is 68.1 Å². The van der Waals surface area contributed by atoms with Crippen molar-refractivity contribution in [3.05, 3.63) is 0 Å². The van der Waals surface area contributed by atoms with Crippen molar-refractivity contribution in [2.75, 3.05) is 0 Å². The third-order valence-corrected chi connectivity index (χ3v) is 4.53. The van der Waals surface area contributed by atoms with Crippen LogP contribution in [-0.4, -0.2) is 12.2 Å². The van der Waals surface area contributed by atoms with Gasteiger partial charge in [-0.15, -0.1) is 0 Å². The number of hydrogen-bond donors (Lipinski definition) is 0. The van der Waals surface area contributed by atoms with Gasteiger partial charge in [-0.3, -0.25) is 0 Å². The molecule has 4 rings (SSSR count). The molecular formula is C10H16O. The summed E-state index contributed by atoms with van der Waals surface area (Å²) in [5, 5.41) is 0. The Kier molecular flexibility index (Phi) is 0.893. The summed E-state index contributed by atoms with van der Waals surface area (Å²) in [5.41, 5.74) is 0.594. The number of hydrogen-bond acceptors (Lipinski definition) is 1. The predicted molar refractivity (Wildman–Crippen MR) is 43.2 cm³/mol. The molecular weight excluding hydrogens is 136 g/mol. The number of ether oxygens (including phenoxy) is 1. The summed E-state index contributed by atoms with van der Waals surface area (Å²) >= 11 is 0. The first-order chi connectivity index (χ1) is 5.12. The van der Waals surface area contributed by atoms with Crippen molar-refractivity contribution in [2.24, 2.45) is 23.2 Å². The van der Waals surface area contributed by atoms with Crippen molar-refractivity contribution >= 4 is 0 Å². The second-order valence-electron chi connectivity index (χ2n) is 5.19. The van der Waals surface area contributed by atoms with Gasteiger partial charge < -0.3 is 4.74 Å². The lowest BCUT2D eigenvalue weighted by Gasteiger charge is -2.57. The van der Waals surface area contributed by atoms with Crippen LogP contribution in [0.4, 0.5) is 0 Å². The van der Waals surface area contributed by atoms with Gasteiger partial charge in [-0.1, -0.05) is 20.8 Å². The first-order valence-electron chi connectivity index (χ1n) is 4.78. The van der Waals surface area contributed by atoms with Gasteiger partial charge in [0.25, 0.3) is 0 Å². The lowest BCUT2D eigenvalue weighted by molar-refractivity contribution is -0.0801. The van der Waals surface area contributed by atoms with Crippen LogP contribution in [-0.2, 0) is 4.74 Å². The van der Waals surface area contributed by atoms with Gasteiger partial charge in [0.2, 0.25) is 0 Å². The van der Waals surface area contributed by atoms with Gasteiger partial charge in [0, 0.05) is 0 Å². The minimum absolute atomic E-state index is 0.594. The average molecular weight is 152 g/mol. The molecule has 2 bridgehead atoms. The maximum Gasteiger partial charge on any atom is 0.0878 e. The monoisotopic (exact) mass is 152 g/mol. The molecule has 0 unspecified atom stereocenters. The maximum atomic E-state index is 5.68. The van der Waals surface area contributed by atoms with Crippen LogP contribution in [0.3, 0.4) is 0 Å². The lowest BCUT2D eigenvalue weighted by Crippen LogP contribution is -2.55. The summed E-state index contributed by atoms with van der Waals surface area (Å²) in [6.07, 6.45) is 2.76. The van der Waals surface area contributed by atoms with Crippen molar-refractivity contribution in [1.29, 1.82) is 0 Å². The second-order valence-corrected chi connectivity index (χ2v) is 5.19. The molecule has 0 N–H and O–H groups in total. The van der Waals surface area contributed by atoms with Gasteiger partial charge >= 0.3 is 0 Å². The Balaban J connectivity index is 1.96. The highest BCUT2D eigenvalue weighted by molar-refractivity contribution is 5.15. The zero-order chi connectivity index (χ0) is 7.80. The molecule has 4 aliphatic rings. The molecule has 0 spiro atoms. The molecule has 1 saturated heterocycles. The average Bonchev–Trinajstić information content (AvgIpc) is 2.65. The van der Waals surface area contributed by atoms with Crippen LogP contribution in [0, 0.1) is 23.2 Å². The third kappa shape index (κ3) is 0.547. The summed E-state index contributed by atoms with van der Waals surface area (Å²) in [6, 6.07) is 0. The van der Waals surface area contributed by atoms with Crippen LogP contribution in [0.5, 0.6) is 0 Å². The van der Waals surface area contributed by atoms with Crippen LogP contribution < -0.4 is 0 Å². The Hall–Kier alpha value is -0.0400. The van der Waals surface area contributed by atoms with E-state index in [1.807, 2.05) is 0 Å². The van der Waals surface area contributed by atoms with Crippen LogP contribution in [0.25, 0.3) is 0 Å². The van der Waals surface area contributed by atoms with E-state index >= 15 is 0 Å². The molecule has 0 radical (unpaired) electrons. The SMILES string of the molecule is C[C@@H]1[C@@H]2O[C@@H]2[C@@H]2C[C@H]1C2(C)C. The molecule has 3 saturated carbocycles. The fraction of sp³-hybridized carbons (Fsp3) is 1.00. The van der Waals surface area contributed by atoms with E-state index in [2.05, 4.69) is 20.8 Å². The predicted octanol–water partition coefficient (Wildman–Crippen LogP) is 2.07. The summed E-state index contributed by atoms with van der Waals surface area (Å²) in [6.45, 7) is 7.20. The highest BCUT2D eigenvalue weighted by atomic mass is 16.6. The molecule has 0 aromatic carbocycles. The summed E-state index contributed by atoms with van der Waals surface area (Å²) in [5.74, 6) is 2.69. The van der Waals surface area contributed by atoms with E-state index in [1.165, 1.54) is 6.42 Å². The van der Waals surface area contributed by atoms with Crippen molar-refractivity contribution in [3.63, 3.8) is 0 Å². The highest BCUT2D eigenvalue weighted by Gasteiger charge is 2.68. The topological polar surface area (TPSA) is 12.5 Å². The quantitative estimate of drug-likeness (QED) is 0.484. The molecule has 62 valence electrons. The molecule has 0 aromatic rings. The number of epoxide rings is 1. The first kappa shape index (κ1) is 6.47. The van der Waals surface area contributed by atoms with Gasteiger partial charge in [-0.25, -0.2) is 0 Å². The standard InChI is InChI=1S/C10H16O/c1-5-6-4-7(10(6,2)3)9-8(5)11-9/h5-9H,4H2,1-3H3/t5-,6+,7-,8-,9+/m0/s1. The molecule has 1 nitrogen and oxygen atoms in total. The third-order valence-electron chi connectivity index (χ3n) is 4.53.